The first-order chi connectivity index (χ1) is 6.69. The van der Waals surface area contributed by atoms with Gasteiger partial charge in [0.25, 0.3) is 0 Å². The lowest BCUT2D eigenvalue weighted by atomic mass is 9.96. The lowest BCUT2D eigenvalue weighted by Crippen LogP contribution is -2.46. The fourth-order valence-corrected chi connectivity index (χ4v) is 1.82. The monoisotopic (exact) mass is 194 g/mol. The van der Waals surface area contributed by atoms with Gasteiger partial charge in [-0.3, -0.25) is 0 Å². The zero-order chi connectivity index (χ0) is 10.1. The molecule has 76 valence electrons. The largest absolute Gasteiger partial charge is 0.399 e. The van der Waals surface area contributed by atoms with Crippen molar-refractivity contribution < 1.29 is 4.39 Å². The van der Waals surface area contributed by atoms with E-state index in [1.165, 1.54) is 12.5 Å². The summed E-state index contributed by atoms with van der Waals surface area (Å²) in [5.74, 6) is 0.513. The maximum Gasteiger partial charge on any atom is 0.127 e. The Labute approximate surface area is 83.5 Å². The van der Waals surface area contributed by atoms with E-state index in [4.69, 9.17) is 5.73 Å². The second-order valence-electron chi connectivity index (χ2n) is 3.92. The molecule has 0 bridgehead atoms. The van der Waals surface area contributed by atoms with Gasteiger partial charge < -0.3 is 10.6 Å². The Bertz CT molecular complexity index is 312. The first kappa shape index (κ1) is 9.31. The van der Waals surface area contributed by atoms with Crippen molar-refractivity contribution in [2.24, 2.45) is 5.92 Å². The van der Waals surface area contributed by atoms with Crippen molar-refractivity contribution in [1.82, 2.24) is 0 Å². The van der Waals surface area contributed by atoms with Gasteiger partial charge in [0.1, 0.15) is 5.82 Å². The summed E-state index contributed by atoms with van der Waals surface area (Å²) >= 11 is 0. The highest BCUT2D eigenvalue weighted by molar-refractivity contribution is 5.57. The van der Waals surface area contributed by atoms with Gasteiger partial charge in [-0.15, -0.1) is 0 Å². The highest BCUT2D eigenvalue weighted by Crippen LogP contribution is 2.28. The second kappa shape index (κ2) is 3.48. The molecule has 1 aliphatic rings. The number of nitrogens with two attached hydrogens (primary N) is 1. The summed E-state index contributed by atoms with van der Waals surface area (Å²) in [6, 6.07) is 4.72. The summed E-state index contributed by atoms with van der Waals surface area (Å²) in [4.78, 5) is 2.16. The maximum absolute atomic E-state index is 13.0. The normalized spacial score (nSPS) is 16.9. The van der Waals surface area contributed by atoms with Crippen LogP contribution < -0.4 is 10.6 Å². The molecule has 1 aromatic rings. The molecule has 0 aliphatic carbocycles. The van der Waals surface area contributed by atoms with Crippen LogP contribution in [0.4, 0.5) is 15.8 Å². The fraction of sp³-hybridized carbons (Fsp3) is 0.455. The molecule has 0 radical (unpaired) electrons. The number of anilines is 2. The van der Waals surface area contributed by atoms with Crippen LogP contribution in [0.2, 0.25) is 0 Å². The van der Waals surface area contributed by atoms with E-state index in [1.54, 1.807) is 6.07 Å². The zero-order valence-corrected chi connectivity index (χ0v) is 8.33. The van der Waals surface area contributed by atoms with Crippen LogP contribution in [0.1, 0.15) is 13.3 Å². The molecular weight excluding hydrogens is 179 g/mol. The van der Waals surface area contributed by atoms with Crippen molar-refractivity contribution in [3.8, 4) is 0 Å². The van der Waals surface area contributed by atoms with Crippen molar-refractivity contribution in [2.75, 3.05) is 23.7 Å². The molecule has 1 fully saturated rings. The van der Waals surface area contributed by atoms with Gasteiger partial charge in [-0.25, -0.2) is 4.39 Å². The summed E-state index contributed by atoms with van der Waals surface area (Å²) in [5.41, 5.74) is 6.99. The molecular formula is C11H15FN2. The summed E-state index contributed by atoms with van der Waals surface area (Å²) in [5, 5.41) is 0. The van der Waals surface area contributed by atoms with Gasteiger partial charge in [-0.05, 0) is 30.5 Å². The van der Waals surface area contributed by atoms with Gasteiger partial charge in [0.15, 0.2) is 0 Å². The second-order valence-corrected chi connectivity index (χ2v) is 3.92. The quantitative estimate of drug-likeness (QED) is 0.732. The predicted octanol–water partition coefficient (Wildman–Crippen LogP) is 2.25. The van der Waals surface area contributed by atoms with E-state index in [2.05, 4.69) is 11.8 Å². The van der Waals surface area contributed by atoms with Crippen LogP contribution in [0.15, 0.2) is 18.2 Å². The Morgan fingerprint density at radius 1 is 1.43 bits per heavy atom. The Morgan fingerprint density at radius 3 is 2.71 bits per heavy atom. The van der Waals surface area contributed by atoms with E-state index in [0.29, 0.717) is 5.69 Å². The van der Waals surface area contributed by atoms with Crippen LogP contribution in [0, 0.1) is 11.7 Å². The smallest absolute Gasteiger partial charge is 0.127 e. The van der Waals surface area contributed by atoms with Crippen molar-refractivity contribution in [1.29, 1.82) is 0 Å². The average molecular weight is 194 g/mol. The minimum Gasteiger partial charge on any atom is -0.399 e. The molecule has 0 spiro atoms. The van der Waals surface area contributed by atoms with Gasteiger partial charge in [0.2, 0.25) is 0 Å². The first-order valence-electron chi connectivity index (χ1n) is 5.00. The van der Waals surface area contributed by atoms with Crippen molar-refractivity contribution >= 4 is 11.4 Å². The molecule has 14 heavy (non-hydrogen) atoms. The summed E-state index contributed by atoms with van der Waals surface area (Å²) in [7, 11) is 0. The fourth-order valence-electron chi connectivity index (χ4n) is 1.82. The third-order valence-corrected chi connectivity index (χ3v) is 2.80. The molecule has 1 aromatic carbocycles. The van der Waals surface area contributed by atoms with Crippen LogP contribution in [-0.4, -0.2) is 13.1 Å². The molecule has 0 unspecified atom stereocenters. The topological polar surface area (TPSA) is 29.3 Å². The predicted molar refractivity (Wildman–Crippen MR) is 56.8 cm³/mol. The standard InChI is InChI=1S/C11H15FN2/c1-2-8-6-14(7-8)11-4-9(12)3-10(13)5-11/h3-5,8H,2,6-7,13H2,1H3. The Hall–Kier alpha value is -1.25. The van der Waals surface area contributed by atoms with Crippen LogP contribution >= 0.6 is 0 Å². The number of hydrogen-bond donors (Lipinski definition) is 1. The lowest BCUT2D eigenvalue weighted by Gasteiger charge is -2.40. The number of rotatable bonds is 2. The number of benzene rings is 1. The molecule has 2 rings (SSSR count). The Kier molecular flexibility index (Phi) is 2.32. The van der Waals surface area contributed by atoms with E-state index in [0.717, 1.165) is 24.7 Å². The molecule has 3 heteroatoms. The molecule has 0 amide bonds. The van der Waals surface area contributed by atoms with E-state index in [1.807, 2.05) is 6.07 Å². The lowest BCUT2D eigenvalue weighted by molar-refractivity contribution is 0.398. The maximum atomic E-state index is 13.0. The molecule has 0 atom stereocenters. The minimum absolute atomic E-state index is 0.250. The summed E-state index contributed by atoms with van der Waals surface area (Å²) < 4.78 is 13.0. The molecule has 2 N–H and O–H groups in total. The Balaban J connectivity index is 2.10. The van der Waals surface area contributed by atoms with Gasteiger partial charge in [0.05, 0.1) is 0 Å². The van der Waals surface area contributed by atoms with Crippen molar-refractivity contribution in [3.05, 3.63) is 24.0 Å². The van der Waals surface area contributed by atoms with E-state index < -0.39 is 0 Å². The van der Waals surface area contributed by atoms with Gasteiger partial charge >= 0.3 is 0 Å². The van der Waals surface area contributed by atoms with Crippen LogP contribution in [-0.2, 0) is 0 Å². The van der Waals surface area contributed by atoms with E-state index >= 15 is 0 Å². The van der Waals surface area contributed by atoms with Gasteiger partial charge in [0, 0.05) is 24.5 Å². The van der Waals surface area contributed by atoms with Crippen LogP contribution in [0.25, 0.3) is 0 Å². The van der Waals surface area contributed by atoms with E-state index in [-0.39, 0.29) is 5.82 Å². The average Bonchev–Trinajstić information content (AvgIpc) is 2.00. The highest BCUT2D eigenvalue weighted by Gasteiger charge is 2.25. The number of hydrogen-bond acceptors (Lipinski definition) is 2. The van der Waals surface area contributed by atoms with E-state index in [9.17, 15) is 4.39 Å². The molecule has 0 aromatic heterocycles. The third kappa shape index (κ3) is 1.67. The molecule has 1 aliphatic heterocycles. The van der Waals surface area contributed by atoms with Crippen molar-refractivity contribution in [3.63, 3.8) is 0 Å². The summed E-state index contributed by atoms with van der Waals surface area (Å²) in [6.07, 6.45) is 1.20. The Morgan fingerprint density at radius 2 is 2.14 bits per heavy atom. The third-order valence-electron chi connectivity index (χ3n) is 2.80. The van der Waals surface area contributed by atoms with Crippen LogP contribution in [0.5, 0.6) is 0 Å². The zero-order valence-electron chi connectivity index (χ0n) is 8.33. The molecule has 2 nitrogen and oxygen atoms in total. The van der Waals surface area contributed by atoms with Gasteiger partial charge in [-0.2, -0.15) is 0 Å². The number of nitrogen functional groups attached to an aromatic ring is 1. The number of halogens is 1. The highest BCUT2D eigenvalue weighted by atomic mass is 19.1. The summed E-state index contributed by atoms with van der Waals surface area (Å²) in [6.45, 7) is 4.24. The molecule has 0 saturated carbocycles. The molecule has 1 saturated heterocycles. The SMILES string of the molecule is CCC1CN(c2cc(N)cc(F)c2)C1. The van der Waals surface area contributed by atoms with Gasteiger partial charge in [-0.1, -0.05) is 6.92 Å². The van der Waals surface area contributed by atoms with Crippen LogP contribution in [0.3, 0.4) is 0 Å². The first-order valence-corrected chi connectivity index (χ1v) is 5.00. The van der Waals surface area contributed by atoms with Crippen molar-refractivity contribution in [2.45, 2.75) is 13.3 Å². The number of nitrogens with zero attached hydrogens (tertiary/aromatic N) is 1. The molecule has 1 heterocycles. The minimum atomic E-state index is -0.250.